The minimum absolute atomic E-state index is 0.00436. The standard InChI is InChI=1S/C18H28N2O3/c1-4-18(2,3)14-5-7-15(8-6-14)20-16(21)11-19-17(22)13-9-10-23-12-13/h9-10,12,14-15H,4-8,11H2,1-3H3,(H,19,22)(H,20,21). The molecule has 2 N–H and O–H groups in total. The Balaban J connectivity index is 1.70. The molecule has 1 heterocycles. The summed E-state index contributed by atoms with van der Waals surface area (Å²) in [5, 5.41) is 5.64. The van der Waals surface area contributed by atoms with Gasteiger partial charge in [0.05, 0.1) is 18.4 Å². The first-order valence-corrected chi connectivity index (χ1v) is 8.52. The van der Waals surface area contributed by atoms with Crippen LogP contribution in [0.1, 0.15) is 63.2 Å². The van der Waals surface area contributed by atoms with Gasteiger partial charge in [0.1, 0.15) is 6.26 Å². The van der Waals surface area contributed by atoms with Gasteiger partial charge in [-0.1, -0.05) is 27.2 Å². The van der Waals surface area contributed by atoms with Crippen LogP contribution in [0.2, 0.25) is 0 Å². The van der Waals surface area contributed by atoms with Gasteiger partial charge in [-0.3, -0.25) is 9.59 Å². The lowest BCUT2D eigenvalue weighted by atomic mass is 9.69. The van der Waals surface area contributed by atoms with Crippen molar-refractivity contribution in [1.29, 1.82) is 0 Å². The molecule has 1 aromatic heterocycles. The second-order valence-electron chi connectivity index (χ2n) is 7.15. The van der Waals surface area contributed by atoms with Gasteiger partial charge in [-0.25, -0.2) is 0 Å². The highest BCUT2D eigenvalue weighted by Crippen LogP contribution is 2.40. The maximum Gasteiger partial charge on any atom is 0.254 e. The van der Waals surface area contributed by atoms with Gasteiger partial charge in [-0.05, 0) is 43.1 Å². The lowest BCUT2D eigenvalue weighted by Gasteiger charge is -2.39. The van der Waals surface area contributed by atoms with Crippen LogP contribution in [0.25, 0.3) is 0 Å². The van der Waals surface area contributed by atoms with E-state index in [9.17, 15) is 9.59 Å². The van der Waals surface area contributed by atoms with E-state index in [0.717, 1.165) is 31.6 Å². The summed E-state index contributed by atoms with van der Waals surface area (Å²) in [6, 6.07) is 1.81. The van der Waals surface area contributed by atoms with Gasteiger partial charge in [0, 0.05) is 6.04 Å². The zero-order valence-corrected chi connectivity index (χ0v) is 14.4. The lowest BCUT2D eigenvalue weighted by molar-refractivity contribution is -0.121. The Morgan fingerprint density at radius 1 is 1.26 bits per heavy atom. The van der Waals surface area contributed by atoms with Crippen LogP contribution in [-0.2, 0) is 4.79 Å². The van der Waals surface area contributed by atoms with Crippen LogP contribution < -0.4 is 10.6 Å². The summed E-state index contributed by atoms with van der Waals surface area (Å²) in [4.78, 5) is 23.7. The Bertz CT molecular complexity index is 514. The number of hydrogen-bond donors (Lipinski definition) is 2. The third-order valence-electron chi connectivity index (χ3n) is 5.30. The Morgan fingerprint density at radius 2 is 1.96 bits per heavy atom. The van der Waals surface area contributed by atoms with Gasteiger partial charge in [0.25, 0.3) is 5.91 Å². The molecular weight excluding hydrogens is 292 g/mol. The molecule has 1 saturated carbocycles. The first-order chi connectivity index (χ1) is 10.9. The Morgan fingerprint density at radius 3 is 2.52 bits per heavy atom. The maximum atomic E-state index is 12.0. The van der Waals surface area contributed by atoms with Crippen molar-refractivity contribution >= 4 is 11.8 Å². The third-order valence-corrected chi connectivity index (χ3v) is 5.30. The molecule has 2 amide bonds. The molecular formula is C18H28N2O3. The first-order valence-electron chi connectivity index (χ1n) is 8.52. The van der Waals surface area contributed by atoms with Crippen LogP contribution in [0.3, 0.4) is 0 Å². The highest BCUT2D eigenvalue weighted by molar-refractivity contribution is 5.96. The van der Waals surface area contributed by atoms with Crippen LogP contribution >= 0.6 is 0 Å². The van der Waals surface area contributed by atoms with Crippen LogP contribution in [0.15, 0.2) is 23.0 Å². The fourth-order valence-corrected chi connectivity index (χ4v) is 3.24. The first kappa shape index (κ1) is 17.6. The summed E-state index contributed by atoms with van der Waals surface area (Å²) in [6.07, 6.45) is 8.36. The van der Waals surface area contributed by atoms with Gasteiger partial charge in [-0.15, -0.1) is 0 Å². The van der Waals surface area contributed by atoms with Gasteiger partial charge in [-0.2, -0.15) is 0 Å². The van der Waals surface area contributed by atoms with E-state index in [1.807, 2.05) is 0 Å². The Kier molecular flexibility index (Phi) is 5.85. The van der Waals surface area contributed by atoms with Crippen molar-refractivity contribution in [2.45, 2.75) is 58.9 Å². The van der Waals surface area contributed by atoms with Crippen LogP contribution in [-0.4, -0.2) is 24.4 Å². The molecule has 0 atom stereocenters. The molecule has 0 bridgehead atoms. The number of furan rings is 1. The monoisotopic (exact) mass is 320 g/mol. The molecule has 0 radical (unpaired) electrons. The minimum atomic E-state index is -0.290. The number of rotatable bonds is 6. The normalized spacial score (nSPS) is 21.7. The van der Waals surface area contributed by atoms with Crippen molar-refractivity contribution in [3.63, 3.8) is 0 Å². The van der Waals surface area contributed by atoms with Crippen LogP contribution in [0.4, 0.5) is 0 Å². The molecule has 0 saturated heterocycles. The molecule has 0 unspecified atom stereocenters. The number of carbonyl (C=O) groups excluding carboxylic acids is 2. The number of amides is 2. The van der Waals surface area contributed by atoms with Gasteiger partial charge >= 0.3 is 0 Å². The fourth-order valence-electron chi connectivity index (χ4n) is 3.24. The molecule has 5 nitrogen and oxygen atoms in total. The smallest absolute Gasteiger partial charge is 0.254 e. The Hall–Kier alpha value is -1.78. The molecule has 5 heteroatoms. The molecule has 0 spiro atoms. The molecule has 1 aliphatic carbocycles. The van der Waals surface area contributed by atoms with Crippen molar-refractivity contribution in [2.24, 2.45) is 11.3 Å². The van der Waals surface area contributed by atoms with E-state index < -0.39 is 0 Å². The van der Waals surface area contributed by atoms with Crippen molar-refractivity contribution < 1.29 is 14.0 Å². The van der Waals surface area contributed by atoms with Gasteiger partial charge < -0.3 is 15.1 Å². The van der Waals surface area contributed by atoms with E-state index in [-0.39, 0.29) is 24.4 Å². The highest BCUT2D eigenvalue weighted by atomic mass is 16.3. The third kappa shape index (κ3) is 4.85. The molecule has 1 fully saturated rings. The average molecular weight is 320 g/mol. The molecule has 128 valence electrons. The zero-order valence-electron chi connectivity index (χ0n) is 14.4. The second-order valence-corrected chi connectivity index (χ2v) is 7.15. The average Bonchev–Trinajstić information content (AvgIpc) is 3.07. The van der Waals surface area contributed by atoms with E-state index in [0.29, 0.717) is 11.0 Å². The van der Waals surface area contributed by atoms with E-state index in [4.69, 9.17) is 4.42 Å². The van der Waals surface area contributed by atoms with E-state index in [1.54, 1.807) is 6.07 Å². The minimum Gasteiger partial charge on any atom is -0.472 e. The quantitative estimate of drug-likeness (QED) is 0.846. The highest BCUT2D eigenvalue weighted by Gasteiger charge is 2.32. The van der Waals surface area contributed by atoms with Crippen molar-refractivity contribution in [3.05, 3.63) is 24.2 Å². The van der Waals surface area contributed by atoms with Crippen LogP contribution in [0.5, 0.6) is 0 Å². The molecule has 23 heavy (non-hydrogen) atoms. The summed E-state index contributed by atoms with van der Waals surface area (Å²) in [6.45, 7) is 6.92. The largest absolute Gasteiger partial charge is 0.472 e. The molecule has 1 aromatic rings. The summed E-state index contributed by atoms with van der Waals surface area (Å²) >= 11 is 0. The van der Waals surface area contributed by atoms with E-state index >= 15 is 0 Å². The van der Waals surface area contributed by atoms with E-state index in [1.165, 1.54) is 18.9 Å². The summed E-state index contributed by atoms with van der Waals surface area (Å²) in [7, 11) is 0. The zero-order chi connectivity index (χ0) is 16.9. The summed E-state index contributed by atoms with van der Waals surface area (Å²) in [5.74, 6) is 0.323. The number of nitrogens with one attached hydrogen (secondary N) is 2. The molecule has 2 rings (SSSR count). The van der Waals surface area contributed by atoms with Gasteiger partial charge in [0.2, 0.25) is 5.91 Å². The van der Waals surface area contributed by atoms with Crippen molar-refractivity contribution in [1.82, 2.24) is 10.6 Å². The van der Waals surface area contributed by atoms with Crippen LogP contribution in [0, 0.1) is 11.3 Å². The molecule has 1 aliphatic rings. The number of carbonyl (C=O) groups is 2. The van der Waals surface area contributed by atoms with Crippen molar-refractivity contribution in [3.8, 4) is 0 Å². The van der Waals surface area contributed by atoms with Gasteiger partial charge in [0.15, 0.2) is 0 Å². The SMILES string of the molecule is CCC(C)(C)C1CCC(NC(=O)CNC(=O)c2ccoc2)CC1. The van der Waals surface area contributed by atoms with Crippen molar-refractivity contribution in [2.75, 3.05) is 6.54 Å². The lowest BCUT2D eigenvalue weighted by Crippen LogP contribution is -2.44. The Labute approximate surface area is 138 Å². The predicted octanol–water partition coefficient (Wildman–Crippen LogP) is 3.12. The molecule has 0 aliphatic heterocycles. The number of hydrogen-bond acceptors (Lipinski definition) is 3. The van der Waals surface area contributed by atoms with E-state index in [2.05, 4.69) is 31.4 Å². The topological polar surface area (TPSA) is 71.3 Å². The second kappa shape index (κ2) is 7.66. The fraction of sp³-hybridized carbons (Fsp3) is 0.667. The molecule has 0 aromatic carbocycles. The maximum absolute atomic E-state index is 12.0. The summed E-state index contributed by atoms with van der Waals surface area (Å²) in [5.41, 5.74) is 0.813. The summed E-state index contributed by atoms with van der Waals surface area (Å²) < 4.78 is 4.85. The predicted molar refractivity (Wildman–Crippen MR) is 89.0 cm³/mol.